The van der Waals surface area contributed by atoms with Gasteiger partial charge in [-0.1, -0.05) is 12.1 Å². The Morgan fingerprint density at radius 1 is 1.27 bits per heavy atom. The molecule has 1 fully saturated rings. The number of aryl methyl sites for hydroxylation is 3. The molecule has 1 atom stereocenters. The number of hydrogen-bond donors (Lipinski definition) is 2. The maximum absolute atomic E-state index is 12.9. The van der Waals surface area contributed by atoms with E-state index in [0.717, 1.165) is 47.7 Å². The topological polar surface area (TPSA) is 94.0 Å². The first-order valence-corrected chi connectivity index (χ1v) is 10.3. The highest BCUT2D eigenvalue weighted by Gasteiger charge is 2.23. The second kappa shape index (κ2) is 8.41. The van der Waals surface area contributed by atoms with Crippen LogP contribution in [0, 0.1) is 13.8 Å². The second-order valence-electron chi connectivity index (χ2n) is 8.15. The number of aromatic nitrogens is 4. The Morgan fingerprint density at radius 2 is 2.10 bits per heavy atom. The van der Waals surface area contributed by atoms with Gasteiger partial charge < -0.3 is 11.1 Å². The zero-order valence-corrected chi connectivity index (χ0v) is 17.8. The van der Waals surface area contributed by atoms with Gasteiger partial charge in [0.15, 0.2) is 5.69 Å². The third-order valence-corrected chi connectivity index (χ3v) is 5.44. The largest absolute Gasteiger partial charge is 0.347 e. The van der Waals surface area contributed by atoms with Gasteiger partial charge in [0.25, 0.3) is 5.91 Å². The lowest BCUT2D eigenvalue weighted by atomic mass is 10.2. The first kappa shape index (κ1) is 20.3. The molecule has 1 aromatic carbocycles. The molecule has 2 aromatic heterocycles. The molecule has 8 nitrogen and oxygen atoms in total. The van der Waals surface area contributed by atoms with Crippen molar-refractivity contribution < 1.29 is 4.79 Å². The van der Waals surface area contributed by atoms with E-state index in [9.17, 15) is 4.79 Å². The van der Waals surface area contributed by atoms with E-state index >= 15 is 0 Å². The molecule has 0 saturated carbocycles. The number of likely N-dealkylation sites (tertiary alicyclic amines) is 1. The SMILES string of the molecule is Cc1cc(C)n(-c2cccc(CNC(=O)c3nn(C)cc3CN3CCC(N)C3)c2)n1. The lowest BCUT2D eigenvalue weighted by Gasteiger charge is -2.14. The third-order valence-electron chi connectivity index (χ3n) is 5.44. The number of nitrogens with zero attached hydrogens (tertiary/aromatic N) is 5. The number of nitrogens with one attached hydrogen (secondary N) is 1. The Kier molecular flexibility index (Phi) is 5.69. The fourth-order valence-electron chi connectivity index (χ4n) is 4.05. The normalized spacial score (nSPS) is 16.9. The fourth-order valence-corrected chi connectivity index (χ4v) is 4.05. The van der Waals surface area contributed by atoms with Crippen LogP contribution in [0.25, 0.3) is 5.69 Å². The minimum Gasteiger partial charge on any atom is -0.347 e. The molecule has 4 rings (SSSR count). The smallest absolute Gasteiger partial charge is 0.272 e. The summed E-state index contributed by atoms with van der Waals surface area (Å²) in [5, 5.41) is 11.9. The molecule has 3 aromatic rings. The summed E-state index contributed by atoms with van der Waals surface area (Å²) in [6.45, 7) is 6.94. The number of nitrogens with two attached hydrogens (primary N) is 1. The van der Waals surface area contributed by atoms with Gasteiger partial charge in [-0.05, 0) is 44.0 Å². The van der Waals surface area contributed by atoms with Gasteiger partial charge >= 0.3 is 0 Å². The van der Waals surface area contributed by atoms with E-state index < -0.39 is 0 Å². The molecule has 0 radical (unpaired) electrons. The average molecular weight is 408 g/mol. The summed E-state index contributed by atoms with van der Waals surface area (Å²) in [6.07, 6.45) is 2.91. The van der Waals surface area contributed by atoms with Gasteiger partial charge in [-0.25, -0.2) is 4.68 Å². The summed E-state index contributed by atoms with van der Waals surface area (Å²) in [6, 6.07) is 10.3. The molecular weight excluding hydrogens is 378 g/mol. The molecule has 30 heavy (non-hydrogen) atoms. The van der Waals surface area contributed by atoms with Crippen LogP contribution >= 0.6 is 0 Å². The van der Waals surface area contributed by atoms with Crippen LogP contribution in [0.4, 0.5) is 0 Å². The third kappa shape index (κ3) is 4.44. The van der Waals surface area contributed by atoms with Crippen molar-refractivity contribution in [2.24, 2.45) is 12.8 Å². The molecule has 1 aliphatic heterocycles. The van der Waals surface area contributed by atoms with E-state index in [1.807, 2.05) is 62.1 Å². The maximum atomic E-state index is 12.9. The molecule has 0 aliphatic carbocycles. The van der Waals surface area contributed by atoms with Gasteiger partial charge in [-0.3, -0.25) is 14.4 Å². The molecule has 0 bridgehead atoms. The Balaban J connectivity index is 1.44. The number of carbonyl (C=O) groups is 1. The monoisotopic (exact) mass is 407 g/mol. The van der Waals surface area contributed by atoms with Crippen molar-refractivity contribution in [2.75, 3.05) is 13.1 Å². The van der Waals surface area contributed by atoms with Crippen LogP contribution in [0.3, 0.4) is 0 Å². The summed E-state index contributed by atoms with van der Waals surface area (Å²) >= 11 is 0. The fraction of sp³-hybridized carbons (Fsp3) is 0.409. The molecule has 0 spiro atoms. The van der Waals surface area contributed by atoms with Crippen molar-refractivity contribution in [3.63, 3.8) is 0 Å². The van der Waals surface area contributed by atoms with Gasteiger partial charge in [0.2, 0.25) is 0 Å². The van der Waals surface area contributed by atoms with Gasteiger partial charge in [-0.15, -0.1) is 0 Å². The standard InChI is InChI=1S/C22H29N7O/c1-15-9-16(2)29(25-15)20-6-4-5-17(10-20)11-24-22(30)21-18(12-27(3)26-21)13-28-8-7-19(23)14-28/h4-6,9-10,12,19H,7-8,11,13-14,23H2,1-3H3,(H,24,30). The zero-order chi connectivity index (χ0) is 21.3. The Labute approximate surface area is 176 Å². The highest BCUT2D eigenvalue weighted by Crippen LogP contribution is 2.16. The van der Waals surface area contributed by atoms with Crippen LogP contribution in [-0.2, 0) is 20.1 Å². The molecule has 1 unspecified atom stereocenters. The van der Waals surface area contributed by atoms with Gasteiger partial charge in [0, 0.05) is 56.7 Å². The quantitative estimate of drug-likeness (QED) is 0.648. The predicted molar refractivity (Wildman–Crippen MR) is 115 cm³/mol. The van der Waals surface area contributed by atoms with Crippen LogP contribution < -0.4 is 11.1 Å². The van der Waals surface area contributed by atoms with Gasteiger partial charge in [0.1, 0.15) is 0 Å². The predicted octanol–water partition coefficient (Wildman–Crippen LogP) is 1.69. The molecule has 8 heteroatoms. The average Bonchev–Trinajstić information content (AvgIpc) is 3.38. The first-order valence-electron chi connectivity index (χ1n) is 10.3. The van der Waals surface area contributed by atoms with Crippen molar-refractivity contribution in [1.29, 1.82) is 0 Å². The van der Waals surface area contributed by atoms with Crippen LogP contribution in [0.15, 0.2) is 36.5 Å². The van der Waals surface area contributed by atoms with E-state index in [1.165, 1.54) is 0 Å². The van der Waals surface area contributed by atoms with Crippen LogP contribution in [0.5, 0.6) is 0 Å². The Bertz CT molecular complexity index is 1050. The maximum Gasteiger partial charge on any atom is 0.272 e. The minimum absolute atomic E-state index is 0.161. The number of rotatable bonds is 6. The highest BCUT2D eigenvalue weighted by molar-refractivity contribution is 5.93. The molecular formula is C22H29N7O. The van der Waals surface area contributed by atoms with Crippen LogP contribution in [-0.4, -0.2) is 49.5 Å². The molecule has 3 N–H and O–H groups in total. The van der Waals surface area contributed by atoms with Crippen LogP contribution in [0.2, 0.25) is 0 Å². The molecule has 1 amide bonds. The minimum atomic E-state index is -0.161. The summed E-state index contributed by atoms with van der Waals surface area (Å²) in [4.78, 5) is 15.1. The van der Waals surface area contributed by atoms with Crippen LogP contribution in [0.1, 0.15) is 39.4 Å². The summed E-state index contributed by atoms with van der Waals surface area (Å²) in [5.41, 5.74) is 11.5. The number of carbonyl (C=O) groups excluding carboxylic acids is 1. The van der Waals surface area contributed by atoms with Crippen molar-refractivity contribution in [3.05, 3.63) is 64.7 Å². The van der Waals surface area contributed by atoms with Crippen molar-refractivity contribution in [2.45, 2.75) is 39.4 Å². The Hall–Kier alpha value is -2.97. The summed E-state index contributed by atoms with van der Waals surface area (Å²) in [7, 11) is 1.84. The van der Waals surface area contributed by atoms with E-state index in [1.54, 1.807) is 4.68 Å². The van der Waals surface area contributed by atoms with Gasteiger partial charge in [-0.2, -0.15) is 10.2 Å². The van der Waals surface area contributed by atoms with Crippen molar-refractivity contribution in [1.82, 2.24) is 29.8 Å². The van der Waals surface area contributed by atoms with E-state index in [-0.39, 0.29) is 11.9 Å². The van der Waals surface area contributed by atoms with E-state index in [2.05, 4.69) is 20.4 Å². The van der Waals surface area contributed by atoms with E-state index in [4.69, 9.17) is 5.73 Å². The lowest BCUT2D eigenvalue weighted by molar-refractivity contribution is 0.0943. The molecule has 158 valence electrons. The summed E-state index contributed by atoms with van der Waals surface area (Å²) in [5.74, 6) is -0.161. The van der Waals surface area contributed by atoms with Crippen molar-refractivity contribution >= 4 is 5.91 Å². The number of amides is 1. The second-order valence-corrected chi connectivity index (χ2v) is 8.15. The molecule has 3 heterocycles. The number of benzene rings is 1. The lowest BCUT2D eigenvalue weighted by Crippen LogP contribution is -2.28. The molecule has 1 aliphatic rings. The first-order chi connectivity index (χ1) is 14.4. The van der Waals surface area contributed by atoms with Crippen molar-refractivity contribution in [3.8, 4) is 5.69 Å². The zero-order valence-electron chi connectivity index (χ0n) is 17.8. The molecule has 1 saturated heterocycles. The highest BCUT2D eigenvalue weighted by atomic mass is 16.1. The van der Waals surface area contributed by atoms with Gasteiger partial charge in [0.05, 0.1) is 11.4 Å². The van der Waals surface area contributed by atoms with E-state index in [0.29, 0.717) is 18.8 Å². The Morgan fingerprint density at radius 3 is 2.80 bits per heavy atom. The number of hydrogen-bond acceptors (Lipinski definition) is 5. The summed E-state index contributed by atoms with van der Waals surface area (Å²) < 4.78 is 3.61.